The zero-order valence-corrected chi connectivity index (χ0v) is 19.9. The van der Waals surface area contributed by atoms with Gasteiger partial charge in [-0.15, -0.1) is 0 Å². The average molecular weight is 535 g/mol. The Labute approximate surface area is 202 Å². The van der Waals surface area contributed by atoms with E-state index in [0.717, 1.165) is 16.2 Å². The molecule has 10 heteroatoms. The number of rotatable bonds is 6. The van der Waals surface area contributed by atoms with Crippen LogP contribution in [0.3, 0.4) is 0 Å². The fourth-order valence-corrected chi connectivity index (χ4v) is 4.82. The minimum Gasteiger partial charge on any atom is -0.468 e. The highest BCUT2D eigenvalue weighted by molar-refractivity contribution is 9.10. The van der Waals surface area contributed by atoms with Crippen molar-refractivity contribution in [3.8, 4) is 6.07 Å². The summed E-state index contributed by atoms with van der Waals surface area (Å²) in [7, 11) is 1.19. The molecule has 0 aliphatic carbocycles. The molecule has 2 atom stereocenters. The van der Waals surface area contributed by atoms with E-state index in [9.17, 15) is 19.6 Å². The molecule has 2 aromatic carbocycles. The lowest BCUT2D eigenvalue weighted by Gasteiger charge is -2.30. The third kappa shape index (κ3) is 5.33. The van der Waals surface area contributed by atoms with Crippen LogP contribution in [-0.2, 0) is 19.1 Å². The van der Waals surface area contributed by atoms with Gasteiger partial charge in [-0.2, -0.15) is 5.26 Å². The first-order valence-corrected chi connectivity index (χ1v) is 11.5. The van der Waals surface area contributed by atoms with Gasteiger partial charge in [0.2, 0.25) is 11.8 Å². The number of carbonyl (C=O) groups excluding carboxylic acids is 3. The average Bonchev–Trinajstić information content (AvgIpc) is 2.79. The molecule has 2 N–H and O–H groups in total. The summed E-state index contributed by atoms with van der Waals surface area (Å²) in [6.45, 7) is 0. The van der Waals surface area contributed by atoms with E-state index >= 15 is 0 Å². The second-order valence-corrected chi connectivity index (χ2v) is 9.00. The summed E-state index contributed by atoms with van der Waals surface area (Å²) in [5, 5.41) is 15.7. The third-order valence-corrected chi connectivity index (χ3v) is 6.52. The van der Waals surface area contributed by atoms with Crippen LogP contribution >= 0.6 is 39.3 Å². The van der Waals surface area contributed by atoms with Crippen LogP contribution < -0.4 is 10.6 Å². The summed E-state index contributed by atoms with van der Waals surface area (Å²) in [6, 6.07) is 15.9. The number of carbonyl (C=O) groups is 3. The first-order valence-electron chi connectivity index (χ1n) is 9.31. The molecule has 1 aliphatic rings. The van der Waals surface area contributed by atoms with Crippen molar-refractivity contribution >= 4 is 62.8 Å². The lowest BCUT2D eigenvalue weighted by atomic mass is 9.78. The normalized spacial score (nSPS) is 17.9. The van der Waals surface area contributed by atoms with Crippen molar-refractivity contribution in [1.29, 1.82) is 5.26 Å². The molecule has 0 bridgehead atoms. The minimum absolute atomic E-state index is 0.0857. The number of hydrogen-bond donors (Lipinski definition) is 2. The van der Waals surface area contributed by atoms with Crippen molar-refractivity contribution in [2.24, 2.45) is 5.92 Å². The summed E-state index contributed by atoms with van der Waals surface area (Å²) >= 11 is 10.4. The van der Waals surface area contributed by atoms with Crippen LogP contribution in [0.2, 0.25) is 5.02 Å². The number of thioether (sulfide) groups is 1. The number of allylic oxidation sites excluding steroid dienone is 1. The highest BCUT2D eigenvalue weighted by atomic mass is 79.9. The predicted molar refractivity (Wildman–Crippen MR) is 126 cm³/mol. The predicted octanol–water partition coefficient (Wildman–Crippen LogP) is 4.21. The molecule has 0 aromatic heterocycles. The monoisotopic (exact) mass is 533 g/mol. The van der Waals surface area contributed by atoms with Crippen LogP contribution in [-0.4, -0.2) is 30.6 Å². The van der Waals surface area contributed by atoms with E-state index in [4.69, 9.17) is 16.3 Å². The van der Waals surface area contributed by atoms with E-state index in [1.54, 1.807) is 48.5 Å². The molecule has 0 saturated heterocycles. The Balaban J connectivity index is 1.86. The van der Waals surface area contributed by atoms with Gasteiger partial charge in [-0.25, -0.2) is 0 Å². The summed E-state index contributed by atoms with van der Waals surface area (Å²) in [4.78, 5) is 37.6. The van der Waals surface area contributed by atoms with E-state index in [1.165, 1.54) is 7.11 Å². The van der Waals surface area contributed by atoms with Crippen LogP contribution in [0.4, 0.5) is 5.69 Å². The Hall–Kier alpha value is -2.80. The fourth-order valence-electron chi connectivity index (χ4n) is 3.25. The van der Waals surface area contributed by atoms with E-state index in [-0.39, 0.29) is 22.3 Å². The number of nitriles is 1. The molecule has 2 aromatic rings. The Morgan fingerprint density at radius 2 is 2.00 bits per heavy atom. The third-order valence-electron chi connectivity index (χ3n) is 4.70. The number of anilines is 1. The van der Waals surface area contributed by atoms with Gasteiger partial charge in [0.15, 0.2) is 0 Å². The molecule has 2 amide bonds. The first-order chi connectivity index (χ1) is 15.3. The van der Waals surface area contributed by atoms with E-state index in [0.29, 0.717) is 16.3 Å². The van der Waals surface area contributed by atoms with Gasteiger partial charge in [-0.3, -0.25) is 14.4 Å². The summed E-state index contributed by atoms with van der Waals surface area (Å²) < 4.78 is 5.58. The maximum absolute atomic E-state index is 12.8. The lowest BCUT2D eigenvalue weighted by molar-refractivity contribution is -0.150. The van der Waals surface area contributed by atoms with Gasteiger partial charge in [-0.1, -0.05) is 69.6 Å². The standard InChI is InChI=1S/C22H17BrClN3O4S/c1-31-22(30)19-18(12-5-3-2-4-6-12)14(10-25)21(27-20(19)29)32-11-17(28)26-16-8-7-13(23)9-15(16)24/h2-9,18-19H,11H2,1H3,(H,26,28)(H,27,29)/t18-,19-/m0/s1. The van der Waals surface area contributed by atoms with Gasteiger partial charge >= 0.3 is 5.97 Å². The van der Waals surface area contributed by atoms with Gasteiger partial charge in [0.05, 0.1) is 40.2 Å². The molecule has 3 rings (SSSR count). The van der Waals surface area contributed by atoms with Gasteiger partial charge < -0.3 is 15.4 Å². The topological polar surface area (TPSA) is 108 Å². The van der Waals surface area contributed by atoms with Crippen LogP contribution in [0.1, 0.15) is 11.5 Å². The Kier molecular flexibility index (Phi) is 7.96. The number of benzene rings is 2. The molecular weight excluding hydrogens is 518 g/mol. The molecule has 1 aliphatic heterocycles. The number of nitrogens with zero attached hydrogens (tertiary/aromatic N) is 1. The SMILES string of the molecule is COC(=O)[C@@H]1C(=O)NC(SCC(=O)Nc2ccc(Br)cc2Cl)=C(C#N)[C@@H]1c1ccccc1. The number of nitrogens with one attached hydrogen (secondary N) is 2. The largest absolute Gasteiger partial charge is 0.468 e. The second-order valence-electron chi connectivity index (χ2n) is 6.69. The molecule has 0 radical (unpaired) electrons. The number of ether oxygens (including phenoxy) is 1. The van der Waals surface area contributed by atoms with Crippen LogP contribution in [0.25, 0.3) is 0 Å². The molecule has 32 heavy (non-hydrogen) atoms. The smallest absolute Gasteiger partial charge is 0.319 e. The van der Waals surface area contributed by atoms with Gasteiger partial charge in [-0.05, 0) is 23.8 Å². The maximum atomic E-state index is 12.8. The Morgan fingerprint density at radius 3 is 2.62 bits per heavy atom. The Morgan fingerprint density at radius 1 is 1.28 bits per heavy atom. The molecule has 0 fully saturated rings. The van der Waals surface area contributed by atoms with Gasteiger partial charge in [0.25, 0.3) is 0 Å². The number of hydrogen-bond acceptors (Lipinski definition) is 6. The highest BCUT2D eigenvalue weighted by Crippen LogP contribution is 2.40. The lowest BCUT2D eigenvalue weighted by Crippen LogP contribution is -2.44. The van der Waals surface area contributed by atoms with Gasteiger partial charge in [0, 0.05) is 10.4 Å². The minimum atomic E-state index is -1.21. The van der Waals surface area contributed by atoms with Gasteiger partial charge in [0.1, 0.15) is 5.92 Å². The number of methoxy groups -OCH3 is 1. The quantitative estimate of drug-likeness (QED) is 0.425. The van der Waals surface area contributed by atoms with Crippen molar-refractivity contribution in [2.75, 3.05) is 18.2 Å². The zero-order chi connectivity index (χ0) is 23.3. The highest BCUT2D eigenvalue weighted by Gasteiger charge is 2.44. The fraction of sp³-hybridized carbons (Fsp3) is 0.182. The molecular formula is C22H17BrClN3O4S. The van der Waals surface area contributed by atoms with Crippen molar-refractivity contribution in [1.82, 2.24) is 5.32 Å². The van der Waals surface area contributed by atoms with E-state index in [2.05, 4.69) is 32.6 Å². The molecule has 1 heterocycles. The van der Waals surface area contributed by atoms with Crippen molar-refractivity contribution in [3.05, 3.63) is 74.2 Å². The van der Waals surface area contributed by atoms with Crippen molar-refractivity contribution in [3.63, 3.8) is 0 Å². The van der Waals surface area contributed by atoms with Crippen LogP contribution in [0.15, 0.2) is 63.6 Å². The summed E-state index contributed by atoms with van der Waals surface area (Å²) in [5.74, 6) is -3.83. The molecule has 0 unspecified atom stereocenters. The van der Waals surface area contributed by atoms with E-state index < -0.39 is 23.7 Å². The van der Waals surface area contributed by atoms with Crippen molar-refractivity contribution in [2.45, 2.75) is 5.92 Å². The summed E-state index contributed by atoms with van der Waals surface area (Å²) in [5.41, 5.74) is 1.25. The first kappa shape index (κ1) is 23.9. The number of amides is 2. The molecule has 7 nitrogen and oxygen atoms in total. The Bertz CT molecular complexity index is 1130. The summed E-state index contributed by atoms with van der Waals surface area (Å²) in [6.07, 6.45) is 0. The van der Waals surface area contributed by atoms with Crippen molar-refractivity contribution < 1.29 is 19.1 Å². The van der Waals surface area contributed by atoms with Crippen LogP contribution in [0.5, 0.6) is 0 Å². The second kappa shape index (κ2) is 10.7. The zero-order valence-electron chi connectivity index (χ0n) is 16.7. The number of esters is 1. The number of halogens is 2. The molecule has 0 spiro atoms. The van der Waals surface area contributed by atoms with E-state index in [1.807, 2.05) is 0 Å². The van der Waals surface area contributed by atoms with Crippen LogP contribution in [0, 0.1) is 17.2 Å². The maximum Gasteiger partial charge on any atom is 0.319 e. The molecule has 0 saturated carbocycles. The molecule has 164 valence electrons.